The third-order valence-corrected chi connectivity index (χ3v) is 8.16. The largest absolute Gasteiger partial charge is 0.354 e. The van der Waals surface area contributed by atoms with Crippen LogP contribution in [0.15, 0.2) is 48.5 Å². The van der Waals surface area contributed by atoms with Gasteiger partial charge in [-0.2, -0.15) is 12.7 Å². The molecule has 0 aliphatic rings. The molecule has 0 saturated heterocycles. The van der Waals surface area contributed by atoms with E-state index in [9.17, 15) is 18.0 Å². The SMILES string of the molecule is CCCCNC(=O)[C@H](CC)N(CCc1ccccc1)C(=O)CN(c1cc(C)ccc1C)S(=O)(=O)N(C)C. The minimum Gasteiger partial charge on any atom is -0.354 e. The minimum atomic E-state index is -3.98. The summed E-state index contributed by atoms with van der Waals surface area (Å²) in [6.07, 6.45) is 2.76. The van der Waals surface area contributed by atoms with E-state index in [-0.39, 0.29) is 5.91 Å². The number of anilines is 1. The van der Waals surface area contributed by atoms with Gasteiger partial charge in [-0.15, -0.1) is 0 Å². The smallest absolute Gasteiger partial charge is 0.304 e. The molecule has 0 saturated carbocycles. The number of benzene rings is 2. The Hall–Kier alpha value is -2.91. The molecule has 2 amide bonds. The van der Waals surface area contributed by atoms with Crippen LogP contribution in [0.3, 0.4) is 0 Å². The second kappa shape index (κ2) is 14.1. The highest BCUT2D eigenvalue weighted by atomic mass is 32.2. The van der Waals surface area contributed by atoms with Crippen LogP contribution in [0.25, 0.3) is 0 Å². The van der Waals surface area contributed by atoms with Crippen molar-refractivity contribution >= 4 is 27.7 Å². The zero-order valence-corrected chi connectivity index (χ0v) is 23.8. The second-order valence-electron chi connectivity index (χ2n) is 9.48. The molecule has 1 atom stereocenters. The van der Waals surface area contributed by atoms with Crippen LogP contribution >= 0.6 is 0 Å². The summed E-state index contributed by atoms with van der Waals surface area (Å²) in [5, 5.41) is 2.95. The number of unbranched alkanes of at least 4 members (excludes halogenated alkanes) is 1. The van der Waals surface area contributed by atoms with E-state index in [1.807, 2.05) is 70.2 Å². The molecular weight excluding hydrogens is 488 g/mol. The molecule has 204 valence electrons. The molecule has 0 heterocycles. The van der Waals surface area contributed by atoms with Gasteiger partial charge in [0.15, 0.2) is 0 Å². The van der Waals surface area contributed by atoms with Gasteiger partial charge >= 0.3 is 10.2 Å². The number of nitrogens with one attached hydrogen (secondary N) is 1. The Balaban J connectivity index is 2.44. The fraction of sp³-hybridized carbons (Fsp3) is 0.500. The van der Waals surface area contributed by atoms with Gasteiger partial charge in [0.05, 0.1) is 5.69 Å². The molecule has 0 fully saturated rings. The third kappa shape index (κ3) is 8.30. The maximum atomic E-state index is 13.9. The van der Waals surface area contributed by atoms with Crippen LogP contribution in [0, 0.1) is 13.8 Å². The Morgan fingerprint density at radius 2 is 1.68 bits per heavy atom. The summed E-state index contributed by atoms with van der Waals surface area (Å²) in [4.78, 5) is 28.5. The zero-order valence-electron chi connectivity index (χ0n) is 23.0. The number of carbonyl (C=O) groups excluding carboxylic acids is 2. The van der Waals surface area contributed by atoms with Crippen LogP contribution in [0.4, 0.5) is 5.69 Å². The summed E-state index contributed by atoms with van der Waals surface area (Å²) >= 11 is 0. The van der Waals surface area contributed by atoms with Gasteiger partial charge in [-0.1, -0.05) is 62.7 Å². The van der Waals surface area contributed by atoms with Crippen molar-refractivity contribution in [3.8, 4) is 0 Å². The molecule has 1 N–H and O–H groups in total. The molecule has 0 aromatic heterocycles. The predicted octanol–water partition coefficient (Wildman–Crippen LogP) is 3.68. The summed E-state index contributed by atoms with van der Waals surface area (Å²) in [6, 6.07) is 14.6. The molecule has 0 aliphatic heterocycles. The van der Waals surface area contributed by atoms with Crippen LogP contribution in [0.1, 0.15) is 49.8 Å². The van der Waals surface area contributed by atoms with Gasteiger partial charge in [0, 0.05) is 27.2 Å². The molecule has 2 aromatic rings. The second-order valence-corrected chi connectivity index (χ2v) is 11.5. The number of hydrogen-bond acceptors (Lipinski definition) is 4. The quantitative estimate of drug-likeness (QED) is 0.377. The molecule has 0 radical (unpaired) electrons. The van der Waals surface area contributed by atoms with Crippen LogP contribution in [-0.2, 0) is 26.2 Å². The molecule has 8 nitrogen and oxygen atoms in total. The van der Waals surface area contributed by atoms with Gasteiger partial charge in [0.1, 0.15) is 12.6 Å². The van der Waals surface area contributed by atoms with Gasteiger partial charge in [-0.3, -0.25) is 9.59 Å². The summed E-state index contributed by atoms with van der Waals surface area (Å²) in [7, 11) is -1.09. The molecule has 37 heavy (non-hydrogen) atoms. The molecular formula is C28H42N4O4S. The summed E-state index contributed by atoms with van der Waals surface area (Å²) in [5.41, 5.74) is 3.11. The van der Waals surface area contributed by atoms with Crippen molar-refractivity contribution in [2.24, 2.45) is 0 Å². The van der Waals surface area contributed by atoms with E-state index in [1.54, 1.807) is 6.07 Å². The van der Waals surface area contributed by atoms with E-state index in [2.05, 4.69) is 5.32 Å². The fourth-order valence-corrected chi connectivity index (χ4v) is 5.21. The third-order valence-electron chi connectivity index (χ3n) is 6.35. The maximum absolute atomic E-state index is 13.9. The van der Waals surface area contributed by atoms with Crippen molar-refractivity contribution in [2.45, 2.75) is 59.4 Å². The first-order valence-electron chi connectivity index (χ1n) is 12.9. The molecule has 2 aromatic carbocycles. The highest BCUT2D eigenvalue weighted by Gasteiger charge is 2.34. The summed E-state index contributed by atoms with van der Waals surface area (Å²) in [5.74, 6) is -0.633. The molecule has 9 heteroatoms. The number of aryl methyl sites for hydroxylation is 2. The Morgan fingerprint density at radius 3 is 2.27 bits per heavy atom. The first-order chi connectivity index (χ1) is 17.5. The van der Waals surface area contributed by atoms with E-state index in [4.69, 9.17) is 0 Å². The van der Waals surface area contributed by atoms with Crippen molar-refractivity contribution in [1.29, 1.82) is 0 Å². The van der Waals surface area contributed by atoms with Gasteiger partial charge in [-0.05, 0) is 55.9 Å². The topological polar surface area (TPSA) is 90.0 Å². The Kier molecular flexibility index (Phi) is 11.6. The van der Waals surface area contributed by atoms with Crippen molar-refractivity contribution in [3.63, 3.8) is 0 Å². The first kappa shape index (κ1) is 30.3. The normalized spacial score (nSPS) is 12.3. The first-order valence-corrected chi connectivity index (χ1v) is 14.3. The van der Waals surface area contributed by atoms with Crippen molar-refractivity contribution in [2.75, 3.05) is 38.0 Å². The fourth-order valence-electron chi connectivity index (χ4n) is 4.09. The lowest BCUT2D eigenvalue weighted by atomic mass is 10.1. The Morgan fingerprint density at radius 1 is 1.00 bits per heavy atom. The number of carbonyl (C=O) groups is 2. The molecule has 2 rings (SSSR count). The zero-order chi connectivity index (χ0) is 27.6. The lowest BCUT2D eigenvalue weighted by Gasteiger charge is -2.34. The minimum absolute atomic E-state index is 0.217. The maximum Gasteiger partial charge on any atom is 0.304 e. The monoisotopic (exact) mass is 530 g/mol. The molecule has 0 unspecified atom stereocenters. The standard InChI is InChI=1S/C28H42N4O4S/c1-7-9-18-29-28(34)25(8-2)31(19-17-24-13-11-10-12-14-24)27(33)21-32(37(35,36)30(5)6)26-20-22(3)15-16-23(26)4/h10-16,20,25H,7-9,17-19,21H2,1-6H3,(H,29,34)/t25-/m0/s1. The van der Waals surface area contributed by atoms with Crippen LogP contribution in [0.2, 0.25) is 0 Å². The van der Waals surface area contributed by atoms with Gasteiger partial charge in [0.25, 0.3) is 0 Å². The lowest BCUT2D eigenvalue weighted by molar-refractivity contribution is -0.139. The van der Waals surface area contributed by atoms with Crippen LogP contribution in [-0.4, -0.2) is 69.2 Å². The van der Waals surface area contributed by atoms with E-state index < -0.39 is 28.7 Å². The van der Waals surface area contributed by atoms with Crippen molar-refractivity contribution < 1.29 is 18.0 Å². The molecule has 0 aliphatic carbocycles. The van der Waals surface area contributed by atoms with Gasteiger partial charge in [-0.25, -0.2) is 4.31 Å². The highest BCUT2D eigenvalue weighted by molar-refractivity contribution is 7.90. The van der Waals surface area contributed by atoms with E-state index >= 15 is 0 Å². The summed E-state index contributed by atoms with van der Waals surface area (Å²) in [6.45, 7) is 8.05. The number of amides is 2. The Bertz CT molecular complexity index is 1140. The number of nitrogens with zero attached hydrogens (tertiary/aromatic N) is 3. The van der Waals surface area contributed by atoms with Crippen molar-refractivity contribution in [3.05, 3.63) is 65.2 Å². The highest BCUT2D eigenvalue weighted by Crippen LogP contribution is 2.26. The van der Waals surface area contributed by atoms with Gasteiger partial charge in [0.2, 0.25) is 11.8 Å². The molecule has 0 bridgehead atoms. The number of hydrogen-bond donors (Lipinski definition) is 1. The molecule has 0 spiro atoms. The average Bonchev–Trinajstić information content (AvgIpc) is 2.87. The van der Waals surface area contributed by atoms with Crippen molar-refractivity contribution in [1.82, 2.24) is 14.5 Å². The summed E-state index contributed by atoms with van der Waals surface area (Å²) < 4.78 is 29.0. The van der Waals surface area contributed by atoms with Gasteiger partial charge < -0.3 is 10.2 Å². The van der Waals surface area contributed by atoms with Crippen LogP contribution < -0.4 is 9.62 Å². The average molecular weight is 531 g/mol. The predicted molar refractivity (Wildman–Crippen MR) is 150 cm³/mol. The van der Waals surface area contributed by atoms with E-state index in [0.717, 1.165) is 38.1 Å². The van der Waals surface area contributed by atoms with Crippen LogP contribution in [0.5, 0.6) is 0 Å². The lowest BCUT2D eigenvalue weighted by Crippen LogP contribution is -2.54. The Labute approximate surface area is 222 Å². The number of rotatable bonds is 14. The van der Waals surface area contributed by atoms with E-state index in [0.29, 0.717) is 31.6 Å². The van der Waals surface area contributed by atoms with E-state index in [1.165, 1.54) is 19.0 Å².